The molecule has 0 saturated carbocycles. The summed E-state index contributed by atoms with van der Waals surface area (Å²) >= 11 is 1.52. The highest BCUT2D eigenvalue weighted by molar-refractivity contribution is 7.99. The second-order valence-corrected chi connectivity index (χ2v) is 5.90. The highest BCUT2D eigenvalue weighted by atomic mass is 32.2. The van der Waals surface area contributed by atoms with Crippen molar-refractivity contribution in [2.24, 2.45) is 0 Å². The van der Waals surface area contributed by atoms with Crippen LogP contribution in [0.3, 0.4) is 0 Å². The van der Waals surface area contributed by atoms with Gasteiger partial charge in [0, 0.05) is 6.42 Å². The van der Waals surface area contributed by atoms with Crippen LogP contribution in [0.2, 0.25) is 0 Å². The molecule has 1 aromatic carbocycles. The predicted molar refractivity (Wildman–Crippen MR) is 80.4 cm³/mol. The number of amides is 2. The fourth-order valence-electron chi connectivity index (χ4n) is 2.17. The molecular formula is C15H17NO4S. The molecule has 1 N–H and O–H groups in total. The van der Waals surface area contributed by atoms with Crippen molar-refractivity contribution in [3.05, 3.63) is 35.4 Å². The number of unbranched alkanes of at least 4 members (excludes halogenated alkanes) is 2. The van der Waals surface area contributed by atoms with Crippen LogP contribution >= 0.6 is 11.8 Å². The smallest absolute Gasteiger partial charge is 0.303 e. The quantitative estimate of drug-likeness (QED) is 0.590. The lowest BCUT2D eigenvalue weighted by Crippen LogP contribution is -2.29. The number of nitrogens with zero attached hydrogens (tertiary/aromatic N) is 1. The van der Waals surface area contributed by atoms with E-state index in [1.165, 1.54) is 16.7 Å². The maximum Gasteiger partial charge on any atom is 0.303 e. The maximum atomic E-state index is 12.1. The largest absolute Gasteiger partial charge is 0.481 e. The molecule has 1 aliphatic heterocycles. The van der Waals surface area contributed by atoms with Gasteiger partial charge >= 0.3 is 5.97 Å². The van der Waals surface area contributed by atoms with Gasteiger partial charge in [0.2, 0.25) is 0 Å². The minimum absolute atomic E-state index is 0.197. The molecule has 5 nitrogen and oxygen atoms in total. The normalized spacial score (nSPS) is 13.6. The Morgan fingerprint density at radius 2 is 1.67 bits per heavy atom. The van der Waals surface area contributed by atoms with Gasteiger partial charge in [-0.2, -0.15) is 0 Å². The number of carboxylic acids is 1. The van der Waals surface area contributed by atoms with Crippen molar-refractivity contribution in [2.45, 2.75) is 25.7 Å². The summed E-state index contributed by atoms with van der Waals surface area (Å²) < 4.78 is 0. The summed E-state index contributed by atoms with van der Waals surface area (Å²) in [5.74, 6) is -0.0604. The summed E-state index contributed by atoms with van der Waals surface area (Å²) in [6, 6.07) is 6.85. The third kappa shape index (κ3) is 3.85. The minimum atomic E-state index is -0.770. The third-order valence-corrected chi connectivity index (χ3v) is 4.30. The Morgan fingerprint density at radius 1 is 1.05 bits per heavy atom. The van der Waals surface area contributed by atoms with E-state index in [0.29, 0.717) is 23.4 Å². The van der Waals surface area contributed by atoms with Crippen LogP contribution in [-0.2, 0) is 4.79 Å². The van der Waals surface area contributed by atoms with E-state index in [0.717, 1.165) is 18.6 Å². The maximum absolute atomic E-state index is 12.1. The SMILES string of the molecule is O=C(O)CCCCCSCN1C(=O)c2ccccc2C1=O. The van der Waals surface area contributed by atoms with Crippen molar-refractivity contribution in [3.8, 4) is 0 Å². The molecule has 21 heavy (non-hydrogen) atoms. The van der Waals surface area contributed by atoms with Crippen LogP contribution in [0, 0.1) is 0 Å². The Hall–Kier alpha value is -1.82. The molecule has 2 amide bonds. The fourth-order valence-corrected chi connectivity index (χ4v) is 3.12. The van der Waals surface area contributed by atoms with Crippen LogP contribution < -0.4 is 0 Å². The second-order valence-electron chi connectivity index (χ2n) is 4.83. The van der Waals surface area contributed by atoms with Crippen molar-refractivity contribution < 1.29 is 19.5 Å². The fraction of sp³-hybridized carbons (Fsp3) is 0.400. The van der Waals surface area contributed by atoms with Gasteiger partial charge in [-0.25, -0.2) is 0 Å². The number of rotatable bonds is 8. The van der Waals surface area contributed by atoms with Crippen molar-refractivity contribution in [3.63, 3.8) is 0 Å². The molecule has 112 valence electrons. The number of carbonyl (C=O) groups is 3. The summed E-state index contributed by atoms with van der Waals surface area (Å²) in [6.45, 7) is 0. The molecule has 1 aromatic rings. The average Bonchev–Trinajstić information content (AvgIpc) is 2.71. The second kappa shape index (κ2) is 7.26. The van der Waals surface area contributed by atoms with Gasteiger partial charge in [0.25, 0.3) is 11.8 Å². The van der Waals surface area contributed by atoms with Gasteiger partial charge in [-0.15, -0.1) is 11.8 Å². The zero-order valence-electron chi connectivity index (χ0n) is 11.6. The van der Waals surface area contributed by atoms with Crippen LogP contribution in [0.1, 0.15) is 46.4 Å². The highest BCUT2D eigenvalue weighted by Crippen LogP contribution is 2.24. The molecule has 1 aliphatic rings. The Labute approximate surface area is 127 Å². The number of thioether (sulfide) groups is 1. The Kier molecular flexibility index (Phi) is 5.38. The van der Waals surface area contributed by atoms with E-state index in [9.17, 15) is 14.4 Å². The number of benzene rings is 1. The molecule has 0 bridgehead atoms. The minimum Gasteiger partial charge on any atom is -0.481 e. The van der Waals surface area contributed by atoms with Crippen molar-refractivity contribution in [1.82, 2.24) is 4.90 Å². The van der Waals surface area contributed by atoms with Crippen LogP contribution in [0.25, 0.3) is 0 Å². The molecule has 0 atom stereocenters. The lowest BCUT2D eigenvalue weighted by Gasteiger charge is -2.12. The highest BCUT2D eigenvalue weighted by Gasteiger charge is 2.34. The predicted octanol–water partition coefficient (Wildman–Crippen LogP) is 2.62. The van der Waals surface area contributed by atoms with E-state index >= 15 is 0 Å². The number of hydrogen-bond donors (Lipinski definition) is 1. The first-order chi connectivity index (χ1) is 10.1. The number of imide groups is 1. The number of hydrogen-bond acceptors (Lipinski definition) is 4. The summed E-state index contributed by atoms with van der Waals surface area (Å²) in [7, 11) is 0. The lowest BCUT2D eigenvalue weighted by atomic mass is 10.1. The Morgan fingerprint density at radius 3 is 2.24 bits per heavy atom. The molecule has 0 unspecified atom stereocenters. The lowest BCUT2D eigenvalue weighted by molar-refractivity contribution is -0.137. The number of carboxylic acid groups (broad SMARTS) is 1. The number of fused-ring (bicyclic) bond motifs is 1. The van der Waals surface area contributed by atoms with E-state index in [1.54, 1.807) is 24.3 Å². The molecule has 2 rings (SSSR count). The molecule has 0 aliphatic carbocycles. The van der Waals surface area contributed by atoms with Crippen LogP contribution in [0.15, 0.2) is 24.3 Å². The van der Waals surface area contributed by atoms with E-state index < -0.39 is 5.97 Å². The zero-order valence-corrected chi connectivity index (χ0v) is 12.4. The Balaban J connectivity index is 1.72. The third-order valence-electron chi connectivity index (χ3n) is 3.28. The van der Waals surface area contributed by atoms with Crippen molar-refractivity contribution in [2.75, 3.05) is 11.6 Å². The first-order valence-corrected chi connectivity index (χ1v) is 8.01. The van der Waals surface area contributed by atoms with Crippen molar-refractivity contribution >= 4 is 29.5 Å². The molecule has 0 saturated heterocycles. The first-order valence-electron chi connectivity index (χ1n) is 6.86. The molecule has 0 radical (unpaired) electrons. The molecule has 1 heterocycles. The van der Waals surface area contributed by atoms with Crippen LogP contribution in [0.5, 0.6) is 0 Å². The topological polar surface area (TPSA) is 74.7 Å². The molecular weight excluding hydrogens is 290 g/mol. The van der Waals surface area contributed by atoms with Crippen LogP contribution in [-0.4, -0.2) is 39.4 Å². The van der Waals surface area contributed by atoms with Gasteiger partial charge < -0.3 is 5.11 Å². The van der Waals surface area contributed by atoms with Gasteiger partial charge in [0.1, 0.15) is 0 Å². The summed E-state index contributed by atoms with van der Waals surface area (Å²) in [5, 5.41) is 8.52. The molecule has 0 fully saturated rings. The summed E-state index contributed by atoms with van der Waals surface area (Å²) in [6.07, 6.45) is 2.61. The van der Waals surface area contributed by atoms with Gasteiger partial charge in [-0.05, 0) is 30.7 Å². The summed E-state index contributed by atoms with van der Waals surface area (Å²) in [4.78, 5) is 35.8. The average molecular weight is 307 g/mol. The van der Waals surface area contributed by atoms with E-state index in [-0.39, 0.29) is 18.2 Å². The van der Waals surface area contributed by atoms with Gasteiger partial charge in [0.15, 0.2) is 0 Å². The van der Waals surface area contributed by atoms with Crippen molar-refractivity contribution in [1.29, 1.82) is 0 Å². The first kappa shape index (κ1) is 15.6. The zero-order chi connectivity index (χ0) is 15.2. The van der Waals surface area contributed by atoms with E-state index in [1.807, 2.05) is 0 Å². The van der Waals surface area contributed by atoms with Crippen LogP contribution in [0.4, 0.5) is 0 Å². The monoisotopic (exact) mass is 307 g/mol. The standard InChI is InChI=1S/C15H17NO4S/c17-13(18)8-2-1-5-9-21-10-16-14(19)11-6-3-4-7-12(11)15(16)20/h3-4,6-7H,1-2,5,8-10H2,(H,17,18). The summed E-state index contributed by atoms with van der Waals surface area (Å²) in [5.41, 5.74) is 0.953. The molecule has 6 heteroatoms. The van der Waals surface area contributed by atoms with E-state index in [4.69, 9.17) is 5.11 Å². The van der Waals surface area contributed by atoms with E-state index in [2.05, 4.69) is 0 Å². The van der Waals surface area contributed by atoms with Gasteiger partial charge in [-0.1, -0.05) is 18.6 Å². The van der Waals surface area contributed by atoms with Gasteiger partial charge in [-0.3, -0.25) is 19.3 Å². The molecule has 0 aromatic heterocycles. The van der Waals surface area contributed by atoms with Gasteiger partial charge in [0.05, 0.1) is 17.0 Å². The molecule has 0 spiro atoms. The Bertz CT molecular complexity index is 523. The number of aliphatic carboxylic acids is 1. The number of carbonyl (C=O) groups excluding carboxylic acids is 2.